The van der Waals surface area contributed by atoms with Gasteiger partial charge in [-0.3, -0.25) is 0 Å². The van der Waals surface area contributed by atoms with Crippen LogP contribution in [0.4, 0.5) is 4.39 Å². The first-order chi connectivity index (χ1) is 9.20. The second kappa shape index (κ2) is 6.63. The van der Waals surface area contributed by atoms with Crippen LogP contribution in [0.15, 0.2) is 23.6 Å². The lowest BCUT2D eigenvalue weighted by atomic mass is 10.2. The number of rotatable bonds is 6. The molecule has 1 N–H and O–H groups in total. The van der Waals surface area contributed by atoms with Crippen LogP contribution in [-0.2, 0) is 13.2 Å². The van der Waals surface area contributed by atoms with Gasteiger partial charge in [0.25, 0.3) is 0 Å². The number of hydrogen-bond donors (Lipinski definition) is 1. The van der Waals surface area contributed by atoms with Gasteiger partial charge in [-0.05, 0) is 19.5 Å². The summed E-state index contributed by atoms with van der Waals surface area (Å²) in [6, 6.07) is 4.98. The molecular formula is C14H17FN2OS. The van der Waals surface area contributed by atoms with Crippen LogP contribution in [0.1, 0.15) is 23.2 Å². The highest BCUT2D eigenvalue weighted by atomic mass is 32.1. The number of ether oxygens (including phenoxy) is 1. The third kappa shape index (κ3) is 3.75. The lowest BCUT2D eigenvalue weighted by Gasteiger charge is -2.11. The molecule has 0 fully saturated rings. The fourth-order valence-corrected chi connectivity index (χ4v) is 2.33. The van der Waals surface area contributed by atoms with E-state index in [9.17, 15) is 4.39 Å². The first-order valence-corrected chi connectivity index (χ1v) is 7.10. The summed E-state index contributed by atoms with van der Waals surface area (Å²) in [4.78, 5) is 4.30. The van der Waals surface area contributed by atoms with Gasteiger partial charge in [0.1, 0.15) is 6.61 Å². The molecule has 1 heterocycles. The molecule has 5 heteroatoms. The van der Waals surface area contributed by atoms with Crippen LogP contribution in [0.2, 0.25) is 0 Å². The Morgan fingerprint density at radius 3 is 2.95 bits per heavy atom. The van der Waals surface area contributed by atoms with Crippen molar-refractivity contribution in [2.45, 2.75) is 27.0 Å². The molecule has 19 heavy (non-hydrogen) atoms. The largest absolute Gasteiger partial charge is 0.484 e. The molecule has 0 atom stereocenters. The lowest BCUT2D eigenvalue weighted by Crippen LogP contribution is -2.13. The van der Waals surface area contributed by atoms with E-state index in [1.807, 2.05) is 25.3 Å². The van der Waals surface area contributed by atoms with Gasteiger partial charge in [0, 0.05) is 17.5 Å². The number of thiazole rings is 1. The predicted molar refractivity (Wildman–Crippen MR) is 75.0 cm³/mol. The van der Waals surface area contributed by atoms with Crippen molar-refractivity contribution in [2.75, 3.05) is 6.54 Å². The molecular weight excluding hydrogens is 263 g/mol. The average Bonchev–Trinajstić information content (AvgIpc) is 2.81. The van der Waals surface area contributed by atoms with E-state index in [-0.39, 0.29) is 5.82 Å². The normalized spacial score (nSPS) is 10.7. The fourth-order valence-electron chi connectivity index (χ4n) is 1.73. The summed E-state index contributed by atoms with van der Waals surface area (Å²) in [5, 5.41) is 6.09. The number of hydrogen-bond acceptors (Lipinski definition) is 4. The Balaban J connectivity index is 2.09. The topological polar surface area (TPSA) is 34.1 Å². The minimum atomic E-state index is -0.331. The highest BCUT2D eigenvalue weighted by molar-refractivity contribution is 7.09. The van der Waals surface area contributed by atoms with Gasteiger partial charge in [-0.25, -0.2) is 9.37 Å². The number of halogens is 1. The number of benzene rings is 1. The van der Waals surface area contributed by atoms with Crippen LogP contribution in [0, 0.1) is 12.7 Å². The van der Waals surface area contributed by atoms with E-state index in [0.29, 0.717) is 18.9 Å². The van der Waals surface area contributed by atoms with E-state index >= 15 is 0 Å². The number of nitrogens with zero attached hydrogens (tertiary/aromatic N) is 1. The summed E-state index contributed by atoms with van der Waals surface area (Å²) < 4.78 is 19.4. The molecule has 0 aliphatic heterocycles. The average molecular weight is 280 g/mol. The van der Waals surface area contributed by atoms with Crippen molar-refractivity contribution < 1.29 is 9.13 Å². The Labute approximate surface area is 116 Å². The molecule has 0 radical (unpaired) electrons. The molecule has 2 rings (SSSR count). The van der Waals surface area contributed by atoms with Crippen molar-refractivity contribution in [3.05, 3.63) is 45.7 Å². The quantitative estimate of drug-likeness (QED) is 0.881. The van der Waals surface area contributed by atoms with Gasteiger partial charge < -0.3 is 10.1 Å². The van der Waals surface area contributed by atoms with Crippen LogP contribution < -0.4 is 10.1 Å². The van der Waals surface area contributed by atoms with Gasteiger partial charge in [0.15, 0.2) is 11.6 Å². The van der Waals surface area contributed by atoms with Crippen LogP contribution in [0.5, 0.6) is 5.75 Å². The maximum atomic E-state index is 13.8. The van der Waals surface area contributed by atoms with Crippen molar-refractivity contribution in [3.63, 3.8) is 0 Å². The first kappa shape index (κ1) is 14.0. The Bertz CT molecular complexity index is 542. The zero-order valence-electron chi connectivity index (χ0n) is 11.1. The highest BCUT2D eigenvalue weighted by Crippen LogP contribution is 2.24. The Kier molecular flexibility index (Phi) is 4.87. The second-order valence-corrected chi connectivity index (χ2v) is 5.22. The molecule has 1 aromatic carbocycles. The van der Waals surface area contributed by atoms with Crippen LogP contribution >= 0.6 is 11.3 Å². The maximum absolute atomic E-state index is 13.8. The van der Waals surface area contributed by atoms with Gasteiger partial charge >= 0.3 is 0 Å². The van der Waals surface area contributed by atoms with Gasteiger partial charge in [-0.2, -0.15) is 0 Å². The predicted octanol–water partition coefficient (Wildman–Crippen LogP) is 3.28. The molecule has 3 nitrogen and oxygen atoms in total. The summed E-state index contributed by atoms with van der Waals surface area (Å²) in [5.41, 5.74) is 1.66. The number of aromatic nitrogens is 1. The molecule has 0 saturated carbocycles. The summed E-state index contributed by atoms with van der Waals surface area (Å²) in [5.74, 6) is -0.0172. The van der Waals surface area contributed by atoms with Crippen molar-refractivity contribution in [3.8, 4) is 5.75 Å². The summed E-state index contributed by atoms with van der Waals surface area (Å²) in [6.45, 7) is 5.68. The number of para-hydroxylation sites is 1. The summed E-state index contributed by atoms with van der Waals surface area (Å²) in [7, 11) is 0. The van der Waals surface area contributed by atoms with E-state index in [0.717, 1.165) is 22.8 Å². The third-order valence-corrected chi connectivity index (χ3v) is 3.47. The third-order valence-electron chi connectivity index (χ3n) is 2.64. The van der Waals surface area contributed by atoms with E-state index in [2.05, 4.69) is 10.3 Å². The van der Waals surface area contributed by atoms with Crippen molar-refractivity contribution in [2.24, 2.45) is 0 Å². The minimum Gasteiger partial charge on any atom is -0.484 e. The lowest BCUT2D eigenvalue weighted by molar-refractivity contribution is 0.282. The van der Waals surface area contributed by atoms with E-state index in [1.165, 1.54) is 6.07 Å². The number of nitrogens with one attached hydrogen (secondary N) is 1. The molecule has 1 aromatic heterocycles. The van der Waals surface area contributed by atoms with Gasteiger partial charge in [0.05, 0.1) is 10.7 Å². The van der Waals surface area contributed by atoms with Crippen molar-refractivity contribution in [1.82, 2.24) is 10.3 Å². The zero-order chi connectivity index (χ0) is 13.7. The summed E-state index contributed by atoms with van der Waals surface area (Å²) >= 11 is 1.56. The maximum Gasteiger partial charge on any atom is 0.165 e. The van der Waals surface area contributed by atoms with Crippen LogP contribution in [0.25, 0.3) is 0 Å². The molecule has 102 valence electrons. The van der Waals surface area contributed by atoms with Crippen molar-refractivity contribution in [1.29, 1.82) is 0 Å². The first-order valence-electron chi connectivity index (χ1n) is 6.22. The van der Waals surface area contributed by atoms with Gasteiger partial charge in [-0.15, -0.1) is 11.3 Å². The summed E-state index contributed by atoms with van der Waals surface area (Å²) in [6.07, 6.45) is 0. The van der Waals surface area contributed by atoms with E-state index in [4.69, 9.17) is 4.74 Å². The Hall–Kier alpha value is -1.46. The minimum absolute atomic E-state index is 0.296. The number of aryl methyl sites for hydroxylation is 1. The molecule has 0 amide bonds. The molecule has 0 spiro atoms. The molecule has 0 aliphatic rings. The van der Waals surface area contributed by atoms with E-state index in [1.54, 1.807) is 17.4 Å². The second-order valence-electron chi connectivity index (χ2n) is 4.15. The molecule has 0 unspecified atom stereocenters. The standard InChI is InChI=1S/C14H17FN2OS/c1-3-16-7-11-5-4-6-13(15)14(11)18-8-12-9-19-10(2)17-12/h4-6,9,16H,3,7-8H2,1-2H3. The van der Waals surface area contributed by atoms with Crippen LogP contribution in [-0.4, -0.2) is 11.5 Å². The van der Waals surface area contributed by atoms with Crippen LogP contribution in [0.3, 0.4) is 0 Å². The van der Waals surface area contributed by atoms with Gasteiger partial charge in [0.2, 0.25) is 0 Å². The smallest absolute Gasteiger partial charge is 0.165 e. The fraction of sp³-hybridized carbons (Fsp3) is 0.357. The molecule has 0 bridgehead atoms. The monoisotopic (exact) mass is 280 g/mol. The molecule has 0 saturated heterocycles. The SMILES string of the molecule is CCNCc1cccc(F)c1OCc1csc(C)n1. The Morgan fingerprint density at radius 1 is 1.42 bits per heavy atom. The molecule has 2 aromatic rings. The Morgan fingerprint density at radius 2 is 2.26 bits per heavy atom. The van der Waals surface area contributed by atoms with E-state index < -0.39 is 0 Å². The highest BCUT2D eigenvalue weighted by Gasteiger charge is 2.10. The zero-order valence-corrected chi connectivity index (χ0v) is 11.9. The molecule has 0 aliphatic carbocycles. The van der Waals surface area contributed by atoms with Gasteiger partial charge in [-0.1, -0.05) is 19.1 Å². The van der Waals surface area contributed by atoms with Crippen molar-refractivity contribution >= 4 is 11.3 Å².